The standard InChI is InChI=1S/C25H28N4O5/c30-22-15-18(16-29(22)21-9-7-20(8-10-21)28-13-1-2-14-28)25(34)27-19-5-3-17(4-6-19)24(33)26-12-11-23(31)32/h3-10,18H,1-2,11-16H2,(H,26,33)(H,27,34)(H,31,32). The third-order valence-corrected chi connectivity index (χ3v) is 6.17. The van der Waals surface area contributed by atoms with E-state index in [-0.39, 0.29) is 37.1 Å². The molecule has 0 radical (unpaired) electrons. The molecule has 3 N–H and O–H groups in total. The van der Waals surface area contributed by atoms with E-state index in [0.717, 1.165) is 24.5 Å². The van der Waals surface area contributed by atoms with Crippen molar-refractivity contribution in [3.63, 3.8) is 0 Å². The highest BCUT2D eigenvalue weighted by Crippen LogP contribution is 2.29. The minimum atomic E-state index is -0.985. The first-order valence-corrected chi connectivity index (χ1v) is 11.5. The van der Waals surface area contributed by atoms with Crippen LogP contribution in [0, 0.1) is 5.92 Å². The number of rotatable bonds is 8. The van der Waals surface area contributed by atoms with Crippen LogP contribution >= 0.6 is 0 Å². The normalized spacial score (nSPS) is 17.6. The molecule has 2 aliphatic rings. The topological polar surface area (TPSA) is 119 Å². The molecule has 2 aromatic rings. The lowest BCUT2D eigenvalue weighted by Crippen LogP contribution is -2.28. The maximum atomic E-state index is 12.8. The molecule has 2 aliphatic heterocycles. The quantitative estimate of drug-likeness (QED) is 0.552. The maximum Gasteiger partial charge on any atom is 0.305 e. The number of carbonyl (C=O) groups excluding carboxylic acids is 3. The highest BCUT2D eigenvalue weighted by molar-refractivity contribution is 6.03. The maximum absolute atomic E-state index is 12.8. The molecule has 1 atom stereocenters. The molecule has 4 rings (SSSR count). The molecule has 0 spiro atoms. The van der Waals surface area contributed by atoms with Crippen LogP contribution in [0.15, 0.2) is 48.5 Å². The molecule has 2 heterocycles. The summed E-state index contributed by atoms with van der Waals surface area (Å²) in [7, 11) is 0. The van der Waals surface area contributed by atoms with Gasteiger partial charge in [-0.05, 0) is 61.4 Å². The molecule has 3 amide bonds. The summed E-state index contributed by atoms with van der Waals surface area (Å²) in [5, 5.41) is 14.0. The fraction of sp³-hybridized carbons (Fsp3) is 0.360. The third-order valence-electron chi connectivity index (χ3n) is 6.17. The van der Waals surface area contributed by atoms with Crippen molar-refractivity contribution < 1.29 is 24.3 Å². The van der Waals surface area contributed by atoms with Gasteiger partial charge in [-0.3, -0.25) is 19.2 Å². The number of hydrogen-bond donors (Lipinski definition) is 3. The number of amides is 3. The van der Waals surface area contributed by atoms with Gasteiger partial charge in [-0.15, -0.1) is 0 Å². The lowest BCUT2D eigenvalue weighted by molar-refractivity contribution is -0.136. The molecule has 2 saturated heterocycles. The second-order valence-corrected chi connectivity index (χ2v) is 8.58. The minimum Gasteiger partial charge on any atom is -0.481 e. The average molecular weight is 465 g/mol. The highest BCUT2D eigenvalue weighted by Gasteiger charge is 2.35. The summed E-state index contributed by atoms with van der Waals surface area (Å²) < 4.78 is 0. The highest BCUT2D eigenvalue weighted by atomic mass is 16.4. The Kier molecular flexibility index (Phi) is 7.10. The summed E-state index contributed by atoms with van der Waals surface area (Å²) in [6.07, 6.45) is 2.39. The first-order chi connectivity index (χ1) is 16.4. The van der Waals surface area contributed by atoms with Crippen molar-refractivity contribution in [1.82, 2.24) is 5.32 Å². The van der Waals surface area contributed by atoms with Crippen molar-refractivity contribution >= 4 is 40.8 Å². The van der Waals surface area contributed by atoms with Gasteiger partial charge in [0.2, 0.25) is 11.8 Å². The number of carbonyl (C=O) groups is 4. The largest absolute Gasteiger partial charge is 0.481 e. The first kappa shape index (κ1) is 23.3. The Morgan fingerprint density at radius 1 is 0.941 bits per heavy atom. The van der Waals surface area contributed by atoms with Crippen LogP contribution in [0.3, 0.4) is 0 Å². The number of carboxylic acids is 1. The SMILES string of the molecule is O=C(O)CCNC(=O)c1ccc(NC(=O)C2CC(=O)N(c3ccc(N4CCCC4)cc3)C2)cc1. The summed E-state index contributed by atoms with van der Waals surface area (Å²) in [5.74, 6) is -2.16. The van der Waals surface area contributed by atoms with E-state index >= 15 is 0 Å². The monoisotopic (exact) mass is 464 g/mol. The molecule has 2 aromatic carbocycles. The van der Waals surface area contributed by atoms with Crippen LogP contribution in [-0.2, 0) is 14.4 Å². The Morgan fingerprint density at radius 2 is 1.59 bits per heavy atom. The van der Waals surface area contributed by atoms with Crippen LogP contribution in [-0.4, -0.2) is 55.0 Å². The number of carboxylic acid groups (broad SMARTS) is 1. The average Bonchev–Trinajstić information content (AvgIpc) is 3.50. The Hall–Kier alpha value is -3.88. The van der Waals surface area contributed by atoms with Gasteiger partial charge in [-0.2, -0.15) is 0 Å². The fourth-order valence-corrected chi connectivity index (χ4v) is 4.29. The van der Waals surface area contributed by atoms with Crippen molar-refractivity contribution in [2.45, 2.75) is 25.7 Å². The summed E-state index contributed by atoms with van der Waals surface area (Å²) >= 11 is 0. The zero-order chi connectivity index (χ0) is 24.1. The molecule has 0 aromatic heterocycles. The molecule has 0 bridgehead atoms. The van der Waals surface area contributed by atoms with Crippen molar-refractivity contribution in [3.8, 4) is 0 Å². The van der Waals surface area contributed by atoms with Crippen molar-refractivity contribution in [3.05, 3.63) is 54.1 Å². The molecule has 178 valence electrons. The zero-order valence-electron chi connectivity index (χ0n) is 18.8. The Labute approximate surface area is 197 Å². The van der Waals surface area contributed by atoms with Crippen LogP contribution in [0.5, 0.6) is 0 Å². The van der Waals surface area contributed by atoms with Gasteiger partial charge in [0, 0.05) is 55.2 Å². The van der Waals surface area contributed by atoms with Crippen LogP contribution < -0.4 is 20.4 Å². The molecule has 0 aliphatic carbocycles. The van der Waals surface area contributed by atoms with Crippen LogP contribution in [0.1, 0.15) is 36.0 Å². The fourth-order valence-electron chi connectivity index (χ4n) is 4.29. The van der Waals surface area contributed by atoms with Gasteiger partial charge in [0.25, 0.3) is 5.91 Å². The zero-order valence-corrected chi connectivity index (χ0v) is 18.8. The summed E-state index contributed by atoms with van der Waals surface area (Å²) in [5.41, 5.74) is 2.83. The Morgan fingerprint density at radius 3 is 2.24 bits per heavy atom. The lowest BCUT2D eigenvalue weighted by Gasteiger charge is -2.20. The summed E-state index contributed by atoms with van der Waals surface area (Å²) in [6.45, 7) is 2.47. The van der Waals surface area contributed by atoms with E-state index in [4.69, 9.17) is 5.11 Å². The molecule has 0 saturated carbocycles. The van der Waals surface area contributed by atoms with E-state index in [1.165, 1.54) is 12.8 Å². The predicted octanol–water partition coefficient (Wildman–Crippen LogP) is 2.48. The number of nitrogens with one attached hydrogen (secondary N) is 2. The number of nitrogens with zero attached hydrogens (tertiary/aromatic N) is 2. The third kappa shape index (κ3) is 5.54. The lowest BCUT2D eigenvalue weighted by atomic mass is 10.1. The number of benzene rings is 2. The van der Waals surface area contributed by atoms with E-state index in [2.05, 4.69) is 15.5 Å². The smallest absolute Gasteiger partial charge is 0.305 e. The molecule has 2 fully saturated rings. The molecule has 1 unspecified atom stereocenters. The van der Waals surface area contributed by atoms with Gasteiger partial charge >= 0.3 is 5.97 Å². The number of aliphatic carboxylic acids is 1. The van der Waals surface area contributed by atoms with Crippen LogP contribution in [0.25, 0.3) is 0 Å². The first-order valence-electron chi connectivity index (χ1n) is 11.5. The summed E-state index contributed by atoms with van der Waals surface area (Å²) in [4.78, 5) is 51.9. The summed E-state index contributed by atoms with van der Waals surface area (Å²) in [6, 6.07) is 14.3. The van der Waals surface area contributed by atoms with Gasteiger partial charge < -0.3 is 25.5 Å². The van der Waals surface area contributed by atoms with Crippen LogP contribution in [0.4, 0.5) is 17.1 Å². The molecule has 34 heavy (non-hydrogen) atoms. The molecule has 9 nitrogen and oxygen atoms in total. The van der Waals surface area contributed by atoms with Gasteiger partial charge in [-0.1, -0.05) is 0 Å². The van der Waals surface area contributed by atoms with Crippen molar-refractivity contribution in [2.24, 2.45) is 5.92 Å². The van der Waals surface area contributed by atoms with Gasteiger partial charge in [0.1, 0.15) is 0 Å². The molecule has 9 heteroatoms. The van der Waals surface area contributed by atoms with E-state index in [1.54, 1.807) is 29.2 Å². The second-order valence-electron chi connectivity index (χ2n) is 8.58. The van der Waals surface area contributed by atoms with E-state index in [1.807, 2.05) is 24.3 Å². The Balaban J connectivity index is 1.31. The van der Waals surface area contributed by atoms with Crippen molar-refractivity contribution in [1.29, 1.82) is 0 Å². The second kappa shape index (κ2) is 10.4. The number of anilines is 3. The molecular formula is C25H28N4O5. The predicted molar refractivity (Wildman–Crippen MR) is 128 cm³/mol. The Bertz CT molecular complexity index is 1060. The van der Waals surface area contributed by atoms with Crippen LogP contribution in [0.2, 0.25) is 0 Å². The van der Waals surface area contributed by atoms with Gasteiger partial charge in [-0.25, -0.2) is 0 Å². The van der Waals surface area contributed by atoms with Gasteiger partial charge in [0.15, 0.2) is 0 Å². The molecular weight excluding hydrogens is 436 g/mol. The van der Waals surface area contributed by atoms with E-state index < -0.39 is 11.9 Å². The van der Waals surface area contributed by atoms with E-state index in [0.29, 0.717) is 17.8 Å². The number of hydrogen-bond acceptors (Lipinski definition) is 5. The van der Waals surface area contributed by atoms with Crippen molar-refractivity contribution in [2.75, 3.05) is 41.3 Å². The van der Waals surface area contributed by atoms with E-state index in [9.17, 15) is 19.2 Å². The van der Waals surface area contributed by atoms with Gasteiger partial charge in [0.05, 0.1) is 12.3 Å². The minimum absolute atomic E-state index is 0.0415.